The molecule has 0 fully saturated rings. The summed E-state index contributed by atoms with van der Waals surface area (Å²) in [5, 5.41) is 6.18. The van der Waals surface area contributed by atoms with Gasteiger partial charge in [0.05, 0.1) is 17.3 Å². The molecule has 0 N–H and O–H groups in total. The van der Waals surface area contributed by atoms with Crippen molar-refractivity contribution in [2.45, 2.75) is 51.3 Å². The molecule has 3 nitrogen and oxygen atoms in total. The molecule has 0 saturated heterocycles. The molecule has 27 heavy (non-hydrogen) atoms. The quantitative estimate of drug-likeness (QED) is 0.288. The van der Waals surface area contributed by atoms with Crippen LogP contribution in [0.25, 0.3) is 11.0 Å². The van der Waals surface area contributed by atoms with Gasteiger partial charge in [0, 0.05) is 21.6 Å². The van der Waals surface area contributed by atoms with Crippen LogP contribution in [0.5, 0.6) is 5.75 Å². The lowest BCUT2D eigenvalue weighted by atomic mass is 10.0. The summed E-state index contributed by atoms with van der Waals surface area (Å²) in [5.41, 5.74) is 4.15. The molecule has 0 aliphatic heterocycles. The average Bonchev–Trinajstić information content (AvgIpc) is 3.09. The first-order chi connectivity index (χ1) is 13.2. The van der Waals surface area contributed by atoms with Gasteiger partial charge < -0.3 is 9.26 Å². The number of fused-ring (bicyclic) bond motifs is 1. The second-order valence-corrected chi connectivity index (χ2v) is 8.10. The maximum atomic E-state index is 6.36. The van der Waals surface area contributed by atoms with E-state index in [1.54, 1.807) is 11.8 Å². The first kappa shape index (κ1) is 20.1. The van der Waals surface area contributed by atoms with Crippen LogP contribution < -0.4 is 4.74 Å². The number of halogens is 1. The van der Waals surface area contributed by atoms with E-state index >= 15 is 0 Å². The van der Waals surface area contributed by atoms with E-state index in [9.17, 15) is 0 Å². The summed E-state index contributed by atoms with van der Waals surface area (Å²) in [7, 11) is 0. The fraction of sp³-hybridized carbons (Fsp3) is 0.409. The highest BCUT2D eigenvalue weighted by molar-refractivity contribution is 7.99. The second-order valence-electron chi connectivity index (χ2n) is 6.59. The van der Waals surface area contributed by atoms with Crippen LogP contribution in [0, 0.1) is 6.92 Å². The minimum absolute atomic E-state index is 0.674. The van der Waals surface area contributed by atoms with Crippen molar-refractivity contribution in [1.82, 2.24) is 5.16 Å². The van der Waals surface area contributed by atoms with Crippen LogP contribution in [-0.2, 0) is 12.8 Å². The van der Waals surface area contributed by atoms with E-state index in [-0.39, 0.29) is 0 Å². The van der Waals surface area contributed by atoms with Crippen LogP contribution in [0.2, 0.25) is 5.02 Å². The lowest BCUT2D eigenvalue weighted by molar-refractivity contribution is 0.314. The van der Waals surface area contributed by atoms with E-state index in [0.29, 0.717) is 6.61 Å². The highest BCUT2D eigenvalue weighted by Gasteiger charge is 2.15. The monoisotopic (exact) mass is 403 g/mol. The Labute approximate surface area is 170 Å². The molecule has 5 heteroatoms. The van der Waals surface area contributed by atoms with Crippen LogP contribution in [0.4, 0.5) is 0 Å². The molecule has 144 valence electrons. The Morgan fingerprint density at radius 3 is 2.81 bits per heavy atom. The third kappa shape index (κ3) is 4.61. The number of hydrogen-bond acceptors (Lipinski definition) is 4. The van der Waals surface area contributed by atoms with Gasteiger partial charge in [0.1, 0.15) is 5.75 Å². The molecule has 0 radical (unpaired) electrons. The molecular weight excluding hydrogens is 378 g/mol. The van der Waals surface area contributed by atoms with E-state index in [0.717, 1.165) is 74.9 Å². The second kappa shape index (κ2) is 9.52. The van der Waals surface area contributed by atoms with Crippen molar-refractivity contribution < 1.29 is 9.26 Å². The maximum Gasteiger partial charge on any atom is 0.174 e. The van der Waals surface area contributed by atoms with Crippen molar-refractivity contribution in [3.05, 3.63) is 52.2 Å². The van der Waals surface area contributed by atoms with E-state index in [4.69, 9.17) is 20.9 Å². The molecule has 2 aromatic carbocycles. The Balaban J connectivity index is 1.61. The van der Waals surface area contributed by atoms with E-state index < -0.39 is 0 Å². The fourth-order valence-corrected chi connectivity index (χ4v) is 4.36. The van der Waals surface area contributed by atoms with Gasteiger partial charge in [-0.15, -0.1) is 11.8 Å². The summed E-state index contributed by atoms with van der Waals surface area (Å²) in [5.74, 6) is 1.89. The summed E-state index contributed by atoms with van der Waals surface area (Å²) in [6.45, 7) is 6.98. The van der Waals surface area contributed by atoms with E-state index in [1.807, 2.05) is 19.1 Å². The van der Waals surface area contributed by atoms with Gasteiger partial charge in [-0.25, -0.2) is 0 Å². The molecular formula is C22H26ClNO2S. The van der Waals surface area contributed by atoms with Crippen LogP contribution >= 0.6 is 23.4 Å². The minimum atomic E-state index is 0.674. The van der Waals surface area contributed by atoms with Gasteiger partial charge in [-0.3, -0.25) is 0 Å². The van der Waals surface area contributed by atoms with Crippen molar-refractivity contribution in [3.63, 3.8) is 0 Å². The number of hydrogen-bond donors (Lipinski definition) is 0. The standard InChI is InChI=1S/C22H26ClNO2S/c1-4-8-17-19(12-11-16-18(5-2)24-26-22(16)17)25-13-7-14-27-20-10-6-9-15(3)21(20)23/h6,9-12H,4-5,7-8,13-14H2,1-3H3. The largest absolute Gasteiger partial charge is 0.493 e. The van der Waals surface area contributed by atoms with Gasteiger partial charge in [-0.1, -0.05) is 49.2 Å². The minimum Gasteiger partial charge on any atom is -0.493 e. The first-order valence-electron chi connectivity index (χ1n) is 9.56. The van der Waals surface area contributed by atoms with Crippen molar-refractivity contribution in [1.29, 1.82) is 0 Å². The van der Waals surface area contributed by atoms with Crippen molar-refractivity contribution in [3.8, 4) is 5.75 Å². The molecule has 0 aliphatic rings. The molecule has 3 rings (SSSR count). The topological polar surface area (TPSA) is 35.3 Å². The molecule has 0 amide bonds. The highest BCUT2D eigenvalue weighted by Crippen LogP contribution is 2.32. The highest BCUT2D eigenvalue weighted by atomic mass is 35.5. The zero-order valence-electron chi connectivity index (χ0n) is 16.2. The van der Waals surface area contributed by atoms with Crippen LogP contribution in [-0.4, -0.2) is 17.5 Å². The lowest BCUT2D eigenvalue weighted by Gasteiger charge is -2.11. The number of aromatic nitrogens is 1. The summed E-state index contributed by atoms with van der Waals surface area (Å²) in [6.07, 6.45) is 3.80. The number of ether oxygens (including phenoxy) is 1. The van der Waals surface area contributed by atoms with Gasteiger partial charge in [0.15, 0.2) is 5.58 Å². The molecule has 0 aliphatic carbocycles. The summed E-state index contributed by atoms with van der Waals surface area (Å²) in [6, 6.07) is 10.3. The normalized spacial score (nSPS) is 11.3. The van der Waals surface area contributed by atoms with Crippen molar-refractivity contribution in [2.24, 2.45) is 0 Å². The van der Waals surface area contributed by atoms with Gasteiger partial charge in [0.25, 0.3) is 0 Å². The number of aryl methyl sites for hydroxylation is 3. The molecule has 1 heterocycles. The van der Waals surface area contributed by atoms with Gasteiger partial charge in [-0.05, 0) is 49.9 Å². The zero-order chi connectivity index (χ0) is 19.2. The van der Waals surface area contributed by atoms with Crippen molar-refractivity contribution >= 4 is 34.3 Å². The predicted molar refractivity (Wildman–Crippen MR) is 114 cm³/mol. The number of rotatable bonds is 9. The summed E-state index contributed by atoms with van der Waals surface area (Å²) < 4.78 is 11.7. The zero-order valence-corrected chi connectivity index (χ0v) is 17.8. The lowest BCUT2D eigenvalue weighted by Crippen LogP contribution is -2.02. The third-order valence-electron chi connectivity index (χ3n) is 4.57. The van der Waals surface area contributed by atoms with E-state index in [2.05, 4.69) is 37.2 Å². The van der Waals surface area contributed by atoms with E-state index in [1.165, 1.54) is 0 Å². The predicted octanol–water partition coefficient (Wildman–Crippen LogP) is 6.87. The van der Waals surface area contributed by atoms with Crippen molar-refractivity contribution in [2.75, 3.05) is 12.4 Å². The van der Waals surface area contributed by atoms with Gasteiger partial charge in [-0.2, -0.15) is 0 Å². The molecule has 0 atom stereocenters. The molecule has 0 saturated carbocycles. The Morgan fingerprint density at radius 1 is 1.19 bits per heavy atom. The van der Waals surface area contributed by atoms with Crippen LogP contribution in [0.1, 0.15) is 43.5 Å². The molecule has 1 aromatic heterocycles. The molecule has 0 bridgehead atoms. The van der Waals surface area contributed by atoms with Crippen LogP contribution in [0.15, 0.2) is 39.8 Å². The molecule has 3 aromatic rings. The van der Waals surface area contributed by atoms with Crippen LogP contribution in [0.3, 0.4) is 0 Å². The Morgan fingerprint density at radius 2 is 2.04 bits per heavy atom. The first-order valence-corrected chi connectivity index (χ1v) is 10.9. The number of thioether (sulfide) groups is 1. The third-order valence-corrected chi connectivity index (χ3v) is 6.33. The summed E-state index contributed by atoms with van der Waals surface area (Å²) in [4.78, 5) is 1.14. The summed E-state index contributed by atoms with van der Waals surface area (Å²) >= 11 is 8.14. The SMILES string of the molecule is CCCc1c(OCCCSc2cccc(C)c2Cl)ccc2c(CC)noc12. The molecule has 0 unspecified atom stereocenters. The van der Waals surface area contributed by atoms with Gasteiger partial charge in [0.2, 0.25) is 0 Å². The Kier molecular flexibility index (Phi) is 7.08. The smallest absolute Gasteiger partial charge is 0.174 e. The fourth-order valence-electron chi connectivity index (χ4n) is 3.12. The maximum absolute atomic E-state index is 6.36. The average molecular weight is 404 g/mol. The Hall–Kier alpha value is -1.65. The van der Waals surface area contributed by atoms with Gasteiger partial charge >= 0.3 is 0 Å². The molecule has 0 spiro atoms. The number of benzene rings is 2. The Bertz CT molecular complexity index is 907. The number of nitrogens with zero attached hydrogens (tertiary/aromatic N) is 1.